The summed E-state index contributed by atoms with van der Waals surface area (Å²) in [5, 5.41) is 2.89. The molecule has 0 fully saturated rings. The molecule has 0 saturated carbocycles. The topological polar surface area (TPSA) is 56.8 Å². The summed E-state index contributed by atoms with van der Waals surface area (Å²) < 4.78 is 16.1. The number of benzene rings is 2. The lowest BCUT2D eigenvalue weighted by Gasteiger charge is -2.11. The van der Waals surface area contributed by atoms with Crippen LogP contribution in [-0.4, -0.2) is 33.3 Å². The van der Waals surface area contributed by atoms with E-state index in [-0.39, 0.29) is 12.5 Å². The highest BCUT2D eigenvalue weighted by atomic mass is 16.5. The number of carbonyl (C=O) groups excluding carboxylic acids is 1. The molecule has 0 aliphatic rings. The van der Waals surface area contributed by atoms with E-state index in [1.54, 1.807) is 14.2 Å². The van der Waals surface area contributed by atoms with Crippen LogP contribution in [0.25, 0.3) is 0 Å². The minimum absolute atomic E-state index is 0.0284. The molecule has 2 aromatic carbocycles. The van der Waals surface area contributed by atoms with Crippen LogP contribution in [0.2, 0.25) is 0 Å². The highest BCUT2D eigenvalue weighted by Crippen LogP contribution is 2.27. The third-order valence-corrected chi connectivity index (χ3v) is 4.11. The van der Waals surface area contributed by atoms with Crippen LogP contribution in [0.1, 0.15) is 23.1 Å². The molecule has 0 atom stereocenters. The van der Waals surface area contributed by atoms with Crippen molar-refractivity contribution in [1.82, 2.24) is 5.32 Å². The molecule has 140 valence electrons. The number of rotatable bonds is 9. The van der Waals surface area contributed by atoms with E-state index < -0.39 is 0 Å². The van der Waals surface area contributed by atoms with Gasteiger partial charge in [0.15, 0.2) is 18.1 Å². The fraction of sp³-hybridized carbons (Fsp3) is 0.381. The molecule has 1 N–H and O–H groups in total. The zero-order valence-electron chi connectivity index (χ0n) is 15.9. The third-order valence-electron chi connectivity index (χ3n) is 4.11. The number of ether oxygens (including phenoxy) is 3. The summed E-state index contributed by atoms with van der Waals surface area (Å²) in [4.78, 5) is 11.9. The van der Waals surface area contributed by atoms with Gasteiger partial charge in [0.1, 0.15) is 5.75 Å². The molecule has 0 unspecified atom stereocenters. The first kappa shape index (κ1) is 19.6. The van der Waals surface area contributed by atoms with E-state index >= 15 is 0 Å². The quantitative estimate of drug-likeness (QED) is 0.699. The summed E-state index contributed by atoms with van der Waals surface area (Å²) >= 11 is 0. The smallest absolute Gasteiger partial charge is 0.257 e. The van der Waals surface area contributed by atoms with Gasteiger partial charge in [-0.05, 0) is 61.6 Å². The molecule has 5 heteroatoms. The predicted octanol–water partition coefficient (Wildman–Crippen LogP) is 3.45. The molecule has 0 aliphatic heterocycles. The molecule has 0 aliphatic carbocycles. The summed E-state index contributed by atoms with van der Waals surface area (Å²) in [5.74, 6) is 2.08. The molecule has 0 saturated heterocycles. The van der Waals surface area contributed by atoms with Crippen molar-refractivity contribution in [2.75, 3.05) is 27.4 Å². The predicted molar refractivity (Wildman–Crippen MR) is 102 cm³/mol. The summed E-state index contributed by atoms with van der Waals surface area (Å²) in [6.45, 7) is 4.60. The Hall–Kier alpha value is -2.69. The van der Waals surface area contributed by atoms with Crippen molar-refractivity contribution in [2.24, 2.45) is 0 Å². The minimum Gasteiger partial charge on any atom is -0.493 e. The zero-order valence-corrected chi connectivity index (χ0v) is 15.9. The van der Waals surface area contributed by atoms with Gasteiger partial charge >= 0.3 is 0 Å². The lowest BCUT2D eigenvalue weighted by Crippen LogP contribution is -2.30. The molecule has 0 radical (unpaired) electrons. The van der Waals surface area contributed by atoms with Crippen LogP contribution in [0.4, 0.5) is 0 Å². The maximum Gasteiger partial charge on any atom is 0.257 e. The lowest BCUT2D eigenvalue weighted by atomic mass is 10.1. The Morgan fingerprint density at radius 1 is 0.962 bits per heavy atom. The first-order chi connectivity index (χ1) is 12.5. The van der Waals surface area contributed by atoms with E-state index in [1.807, 2.05) is 50.2 Å². The van der Waals surface area contributed by atoms with Crippen LogP contribution in [0.15, 0.2) is 36.4 Å². The number of amides is 1. The standard InChI is InChI=1S/C21H27NO4/c1-15-7-8-16(2)19(12-15)26-14-21(23)22-11-5-6-17-9-10-18(24-3)20(13-17)25-4/h7-10,12-13H,5-6,11,14H2,1-4H3,(H,22,23). The number of methoxy groups -OCH3 is 2. The Bertz CT molecular complexity index is 743. The van der Waals surface area contributed by atoms with Gasteiger partial charge in [-0.1, -0.05) is 18.2 Å². The second-order valence-corrected chi connectivity index (χ2v) is 6.20. The van der Waals surface area contributed by atoms with E-state index in [9.17, 15) is 4.79 Å². The van der Waals surface area contributed by atoms with Gasteiger partial charge in [-0.15, -0.1) is 0 Å². The minimum atomic E-state index is -0.113. The van der Waals surface area contributed by atoms with E-state index in [0.717, 1.165) is 41.0 Å². The Morgan fingerprint density at radius 3 is 2.46 bits per heavy atom. The summed E-state index contributed by atoms with van der Waals surface area (Å²) in [6.07, 6.45) is 1.68. The van der Waals surface area contributed by atoms with Crippen LogP contribution < -0.4 is 19.5 Å². The van der Waals surface area contributed by atoms with Crippen molar-refractivity contribution < 1.29 is 19.0 Å². The average Bonchev–Trinajstić information content (AvgIpc) is 2.65. The molecule has 5 nitrogen and oxygen atoms in total. The normalized spacial score (nSPS) is 10.3. The van der Waals surface area contributed by atoms with Gasteiger partial charge < -0.3 is 19.5 Å². The largest absolute Gasteiger partial charge is 0.493 e. The summed E-state index contributed by atoms with van der Waals surface area (Å²) in [6, 6.07) is 11.8. The van der Waals surface area contributed by atoms with E-state index in [2.05, 4.69) is 5.32 Å². The van der Waals surface area contributed by atoms with Crippen molar-refractivity contribution in [3.8, 4) is 17.2 Å². The second kappa shape index (κ2) is 9.70. The number of aryl methyl sites for hydroxylation is 3. The fourth-order valence-electron chi connectivity index (χ4n) is 2.61. The van der Waals surface area contributed by atoms with Gasteiger partial charge in [0.05, 0.1) is 14.2 Å². The van der Waals surface area contributed by atoms with E-state index in [1.165, 1.54) is 0 Å². The first-order valence-electron chi connectivity index (χ1n) is 8.71. The number of carbonyl (C=O) groups is 1. The van der Waals surface area contributed by atoms with Gasteiger partial charge in [0.25, 0.3) is 5.91 Å². The van der Waals surface area contributed by atoms with Crippen LogP contribution >= 0.6 is 0 Å². The van der Waals surface area contributed by atoms with Gasteiger partial charge in [-0.25, -0.2) is 0 Å². The SMILES string of the molecule is COc1ccc(CCCNC(=O)COc2cc(C)ccc2C)cc1OC. The molecule has 2 aromatic rings. The zero-order chi connectivity index (χ0) is 18.9. The third kappa shape index (κ3) is 5.69. The molecular formula is C21H27NO4. The summed E-state index contributed by atoms with van der Waals surface area (Å²) in [5.41, 5.74) is 3.28. The lowest BCUT2D eigenvalue weighted by molar-refractivity contribution is -0.123. The monoisotopic (exact) mass is 357 g/mol. The number of hydrogen-bond donors (Lipinski definition) is 1. The van der Waals surface area contributed by atoms with Crippen LogP contribution in [0, 0.1) is 13.8 Å². The molecule has 0 aromatic heterocycles. The van der Waals surface area contributed by atoms with Crippen LogP contribution in [0.3, 0.4) is 0 Å². The van der Waals surface area contributed by atoms with E-state index in [4.69, 9.17) is 14.2 Å². The number of nitrogens with one attached hydrogen (secondary N) is 1. The molecule has 2 rings (SSSR count). The fourth-order valence-corrected chi connectivity index (χ4v) is 2.61. The maximum absolute atomic E-state index is 11.9. The highest BCUT2D eigenvalue weighted by molar-refractivity contribution is 5.77. The van der Waals surface area contributed by atoms with Crippen molar-refractivity contribution >= 4 is 5.91 Å². The van der Waals surface area contributed by atoms with Crippen molar-refractivity contribution in [3.05, 3.63) is 53.1 Å². The van der Waals surface area contributed by atoms with E-state index in [0.29, 0.717) is 12.3 Å². The molecular weight excluding hydrogens is 330 g/mol. The highest BCUT2D eigenvalue weighted by Gasteiger charge is 2.06. The molecule has 26 heavy (non-hydrogen) atoms. The maximum atomic E-state index is 11.9. The molecule has 0 heterocycles. The Labute approximate surface area is 155 Å². The van der Waals surface area contributed by atoms with Crippen molar-refractivity contribution in [3.63, 3.8) is 0 Å². The molecule has 0 bridgehead atoms. The Morgan fingerprint density at radius 2 is 1.73 bits per heavy atom. The summed E-state index contributed by atoms with van der Waals surface area (Å²) in [7, 11) is 3.24. The molecule has 1 amide bonds. The molecule has 0 spiro atoms. The first-order valence-corrected chi connectivity index (χ1v) is 8.71. The van der Waals surface area contributed by atoms with Gasteiger partial charge in [-0.3, -0.25) is 4.79 Å². The van der Waals surface area contributed by atoms with Crippen LogP contribution in [0.5, 0.6) is 17.2 Å². The number of hydrogen-bond acceptors (Lipinski definition) is 4. The van der Waals surface area contributed by atoms with Gasteiger partial charge in [-0.2, -0.15) is 0 Å². The van der Waals surface area contributed by atoms with Crippen LogP contribution in [-0.2, 0) is 11.2 Å². The Kier molecular flexibility index (Phi) is 7.33. The van der Waals surface area contributed by atoms with Crippen molar-refractivity contribution in [2.45, 2.75) is 26.7 Å². The Balaban J connectivity index is 1.72. The van der Waals surface area contributed by atoms with Gasteiger partial charge in [0, 0.05) is 6.54 Å². The average molecular weight is 357 g/mol. The van der Waals surface area contributed by atoms with Gasteiger partial charge in [0.2, 0.25) is 0 Å². The van der Waals surface area contributed by atoms with Crippen molar-refractivity contribution in [1.29, 1.82) is 0 Å². The second-order valence-electron chi connectivity index (χ2n) is 6.20.